The molecule has 2 aromatic carbocycles. The van der Waals surface area contributed by atoms with E-state index in [1.54, 1.807) is 24.3 Å². The molecule has 2 aromatic rings. The maximum Gasteiger partial charge on any atom is 0.331 e. The van der Waals surface area contributed by atoms with Gasteiger partial charge in [-0.15, -0.1) is 0 Å². The van der Waals surface area contributed by atoms with Crippen molar-refractivity contribution in [3.63, 3.8) is 0 Å². The normalized spacial score (nSPS) is 19.7. The molecule has 0 aromatic heterocycles. The lowest BCUT2D eigenvalue weighted by Gasteiger charge is -2.16. The van der Waals surface area contributed by atoms with Gasteiger partial charge in [0.2, 0.25) is 0 Å². The molecule has 2 heterocycles. The van der Waals surface area contributed by atoms with E-state index < -0.39 is 17.8 Å². The van der Waals surface area contributed by atoms with Crippen LogP contribution in [0.3, 0.4) is 0 Å². The number of hydrogen-bond donors (Lipinski definition) is 2. The molecule has 2 aliphatic rings. The maximum atomic E-state index is 13.2. The second-order valence-electron chi connectivity index (χ2n) is 7.81. The summed E-state index contributed by atoms with van der Waals surface area (Å²) in [4.78, 5) is 55.7. The number of amides is 3. The van der Waals surface area contributed by atoms with Gasteiger partial charge in [0.15, 0.2) is 5.17 Å². The first kappa shape index (κ1) is 25.9. The predicted octanol–water partition coefficient (Wildman–Crippen LogP) is 3.42. The van der Waals surface area contributed by atoms with Crippen molar-refractivity contribution in [2.45, 2.75) is 12.5 Å². The average molecular weight is 547 g/mol. The number of thioether (sulfide) groups is 1. The van der Waals surface area contributed by atoms with E-state index in [-0.39, 0.29) is 32.6 Å². The summed E-state index contributed by atoms with van der Waals surface area (Å²) in [7, 11) is 1.19. The fraction of sp³-hybridized carbons (Fsp3) is 0.208. The Hall–Kier alpha value is -3.18. The molecule has 36 heavy (non-hydrogen) atoms. The molecule has 2 aliphatic heterocycles. The molecule has 1 atom stereocenters. The molecule has 12 heteroatoms. The molecule has 0 unspecified atom stereocenters. The van der Waals surface area contributed by atoms with Crippen LogP contribution in [-0.2, 0) is 14.3 Å². The predicted molar refractivity (Wildman–Crippen MR) is 139 cm³/mol. The zero-order valence-electron chi connectivity index (χ0n) is 18.9. The number of aliphatic imine (C=N–C) groups is 1. The minimum absolute atomic E-state index is 0.0143. The number of anilines is 1. The number of nitrogens with one attached hydrogen (secondary N) is 2. The van der Waals surface area contributed by atoms with Gasteiger partial charge < -0.3 is 15.4 Å². The SMILES string of the molecule is COC(=O)C=C1SC(=NC(=O)c2ccc(Cl)cc2Cl)N(c2ccc(C(=O)N[C@H]3CCNC3)cc2)C1=O. The monoisotopic (exact) mass is 546 g/mol. The van der Waals surface area contributed by atoms with Gasteiger partial charge >= 0.3 is 5.97 Å². The van der Waals surface area contributed by atoms with Crippen LogP contribution in [0.25, 0.3) is 0 Å². The molecule has 0 bridgehead atoms. The van der Waals surface area contributed by atoms with Gasteiger partial charge in [-0.3, -0.25) is 19.3 Å². The zero-order chi connectivity index (χ0) is 25.8. The topological polar surface area (TPSA) is 117 Å². The highest BCUT2D eigenvalue weighted by Gasteiger charge is 2.36. The molecule has 0 spiro atoms. The Labute approximate surface area is 220 Å². The maximum absolute atomic E-state index is 13.2. The smallest absolute Gasteiger partial charge is 0.331 e. The van der Waals surface area contributed by atoms with Crippen LogP contribution in [0, 0.1) is 0 Å². The quantitative estimate of drug-likeness (QED) is 0.435. The van der Waals surface area contributed by atoms with Gasteiger partial charge in [-0.2, -0.15) is 4.99 Å². The number of hydrogen-bond acceptors (Lipinski definition) is 7. The van der Waals surface area contributed by atoms with Crippen LogP contribution < -0.4 is 15.5 Å². The summed E-state index contributed by atoms with van der Waals surface area (Å²) in [6.07, 6.45) is 1.88. The lowest BCUT2D eigenvalue weighted by atomic mass is 10.1. The molecule has 2 N–H and O–H groups in total. The highest BCUT2D eigenvalue weighted by Crippen LogP contribution is 2.35. The summed E-state index contributed by atoms with van der Waals surface area (Å²) >= 11 is 12.9. The summed E-state index contributed by atoms with van der Waals surface area (Å²) in [5, 5.41) is 6.61. The van der Waals surface area contributed by atoms with Crippen molar-refractivity contribution in [1.82, 2.24) is 10.6 Å². The Balaban J connectivity index is 1.64. The number of carbonyl (C=O) groups is 4. The molecule has 0 radical (unpaired) electrons. The van der Waals surface area contributed by atoms with Crippen LogP contribution in [0.1, 0.15) is 27.1 Å². The van der Waals surface area contributed by atoms with Gasteiger partial charge in [-0.05, 0) is 67.2 Å². The van der Waals surface area contributed by atoms with Crippen LogP contribution in [0.2, 0.25) is 10.0 Å². The van der Waals surface area contributed by atoms with Gasteiger partial charge in [0.25, 0.3) is 17.7 Å². The Morgan fingerprint density at radius 3 is 2.58 bits per heavy atom. The number of methoxy groups -OCH3 is 1. The molecular formula is C24H20Cl2N4O5S. The van der Waals surface area contributed by atoms with E-state index in [4.69, 9.17) is 23.2 Å². The van der Waals surface area contributed by atoms with Crippen molar-refractivity contribution in [1.29, 1.82) is 0 Å². The van der Waals surface area contributed by atoms with Gasteiger partial charge in [0, 0.05) is 29.2 Å². The Morgan fingerprint density at radius 1 is 1.19 bits per heavy atom. The Bertz CT molecular complexity index is 1290. The lowest BCUT2D eigenvalue weighted by molar-refractivity contribution is -0.135. The number of carbonyl (C=O) groups excluding carboxylic acids is 4. The number of nitrogens with zero attached hydrogens (tertiary/aromatic N) is 2. The molecule has 0 aliphatic carbocycles. The van der Waals surface area contributed by atoms with Crippen molar-refractivity contribution in [3.8, 4) is 0 Å². The van der Waals surface area contributed by atoms with E-state index >= 15 is 0 Å². The number of esters is 1. The lowest BCUT2D eigenvalue weighted by Crippen LogP contribution is -2.36. The van der Waals surface area contributed by atoms with Crippen LogP contribution in [-0.4, -0.2) is 55.1 Å². The number of halogens is 2. The molecular weight excluding hydrogens is 527 g/mol. The van der Waals surface area contributed by atoms with Gasteiger partial charge in [-0.1, -0.05) is 23.2 Å². The number of amidine groups is 1. The molecule has 9 nitrogen and oxygen atoms in total. The Kier molecular flexibility index (Phi) is 8.10. The summed E-state index contributed by atoms with van der Waals surface area (Å²) in [5.41, 5.74) is 0.867. The molecule has 2 fully saturated rings. The van der Waals surface area contributed by atoms with Crippen molar-refractivity contribution < 1.29 is 23.9 Å². The second-order valence-corrected chi connectivity index (χ2v) is 9.66. The first-order valence-corrected chi connectivity index (χ1v) is 12.4. The third kappa shape index (κ3) is 5.79. The zero-order valence-corrected chi connectivity index (χ0v) is 21.2. The van der Waals surface area contributed by atoms with E-state index in [0.29, 0.717) is 22.8 Å². The first-order chi connectivity index (χ1) is 17.3. The van der Waals surface area contributed by atoms with E-state index in [2.05, 4.69) is 20.4 Å². The van der Waals surface area contributed by atoms with Gasteiger partial charge in [-0.25, -0.2) is 4.79 Å². The highest BCUT2D eigenvalue weighted by atomic mass is 35.5. The molecule has 3 amide bonds. The molecule has 4 rings (SSSR count). The fourth-order valence-electron chi connectivity index (χ4n) is 3.56. The van der Waals surface area contributed by atoms with E-state index in [9.17, 15) is 19.2 Å². The molecule has 186 valence electrons. The number of ether oxygens (including phenoxy) is 1. The summed E-state index contributed by atoms with van der Waals surface area (Å²) in [5.74, 6) is -2.23. The highest BCUT2D eigenvalue weighted by molar-refractivity contribution is 8.19. The number of benzene rings is 2. The van der Waals surface area contributed by atoms with Crippen molar-refractivity contribution >= 4 is 69.5 Å². The van der Waals surface area contributed by atoms with Crippen molar-refractivity contribution in [2.75, 3.05) is 25.1 Å². The Morgan fingerprint density at radius 2 is 1.94 bits per heavy atom. The minimum atomic E-state index is -0.729. The van der Waals surface area contributed by atoms with E-state index in [1.165, 1.54) is 30.2 Å². The van der Waals surface area contributed by atoms with Crippen LogP contribution in [0.4, 0.5) is 5.69 Å². The third-order valence-electron chi connectivity index (χ3n) is 5.40. The van der Waals surface area contributed by atoms with E-state index in [0.717, 1.165) is 30.8 Å². The summed E-state index contributed by atoms with van der Waals surface area (Å²) < 4.78 is 4.63. The molecule has 2 saturated heterocycles. The van der Waals surface area contributed by atoms with Crippen LogP contribution >= 0.6 is 35.0 Å². The van der Waals surface area contributed by atoms with E-state index in [1.807, 2.05) is 0 Å². The molecule has 0 saturated carbocycles. The standard InChI is InChI=1S/C24H20Cl2N4O5S/c1-35-20(31)11-19-23(34)30(24(36-19)29-22(33)17-7-4-14(25)10-18(17)26)16-5-2-13(3-6-16)21(32)28-15-8-9-27-12-15/h2-7,10-11,15,27H,8-9,12H2,1H3,(H,28,32)/t15-/m0/s1. The summed E-state index contributed by atoms with van der Waals surface area (Å²) in [6, 6.07) is 10.7. The van der Waals surface area contributed by atoms with Gasteiger partial charge in [0.1, 0.15) is 0 Å². The minimum Gasteiger partial charge on any atom is -0.466 e. The first-order valence-electron chi connectivity index (χ1n) is 10.8. The third-order valence-corrected chi connectivity index (χ3v) is 6.92. The second kappa shape index (κ2) is 11.3. The number of rotatable bonds is 5. The average Bonchev–Trinajstić information content (AvgIpc) is 3.46. The van der Waals surface area contributed by atoms with Crippen LogP contribution in [0.15, 0.2) is 58.4 Å². The summed E-state index contributed by atoms with van der Waals surface area (Å²) in [6.45, 7) is 1.56. The largest absolute Gasteiger partial charge is 0.466 e. The van der Waals surface area contributed by atoms with Crippen LogP contribution in [0.5, 0.6) is 0 Å². The van der Waals surface area contributed by atoms with Crippen molar-refractivity contribution in [3.05, 3.63) is 74.6 Å². The van der Waals surface area contributed by atoms with Crippen molar-refractivity contribution in [2.24, 2.45) is 4.99 Å². The van der Waals surface area contributed by atoms with Gasteiger partial charge in [0.05, 0.1) is 28.3 Å². The fourth-order valence-corrected chi connectivity index (χ4v) is 4.99.